The summed E-state index contributed by atoms with van der Waals surface area (Å²) >= 11 is 0. The average Bonchev–Trinajstić information content (AvgIpc) is 1.80. The van der Waals surface area contributed by atoms with Gasteiger partial charge in [0, 0.05) is 82.3 Å². The third-order valence-electron chi connectivity index (χ3n) is 16.9. The van der Waals surface area contributed by atoms with Gasteiger partial charge >= 0.3 is 0 Å². The van der Waals surface area contributed by atoms with Crippen LogP contribution < -0.4 is 0 Å². The number of allylic oxidation sites excluding steroid dienone is 8. The van der Waals surface area contributed by atoms with E-state index in [4.69, 9.17) is 19.4 Å². The van der Waals surface area contributed by atoms with Crippen molar-refractivity contribution in [3.63, 3.8) is 0 Å². The summed E-state index contributed by atoms with van der Waals surface area (Å²) in [6.07, 6.45) is 18.0. The normalized spacial score (nSPS) is 13.7. The molecule has 10 aromatic carbocycles. The lowest BCUT2D eigenvalue weighted by molar-refractivity contribution is 0.669. The minimum Gasteiger partial charge on any atom is -0.456 e. The molecule has 82 heavy (non-hydrogen) atoms. The molecular weight excluding hydrogens is 1000 g/mol. The molecule has 7 nitrogen and oxygen atoms in total. The van der Waals surface area contributed by atoms with Gasteiger partial charge in [-0.05, 0) is 110 Å². The van der Waals surface area contributed by atoms with Crippen molar-refractivity contribution >= 4 is 98.6 Å². The number of para-hydroxylation sites is 4. The van der Waals surface area contributed by atoms with E-state index in [0.29, 0.717) is 17.5 Å². The van der Waals surface area contributed by atoms with Crippen LogP contribution in [-0.4, -0.2) is 28.7 Å². The van der Waals surface area contributed by atoms with Crippen LogP contribution in [0.1, 0.15) is 31.2 Å². The van der Waals surface area contributed by atoms with Gasteiger partial charge in [0.25, 0.3) is 0 Å². The van der Waals surface area contributed by atoms with E-state index in [2.05, 4.69) is 238 Å². The zero-order chi connectivity index (χ0) is 53.8. The van der Waals surface area contributed by atoms with E-state index in [1.807, 2.05) is 30.3 Å². The standard InChI is InChI=1S/C75H50N6O/c1-6-22-47(23-7-1)60-44-51(75-77-73(49-26-10-3-11-27-49)76-74(78-75)50-38-39-55-54-32-18-21-37-66(54)82-67(55)46-50)45-61(48-24-8-2-9-25-48)70(60)81-63-36-20-17-34-59(63)69-65(81)43-41-57-56-40-42-64-68(71(56)80(72(57)69)53-30-14-5-15-31-53)58-33-16-19-35-62(58)79(64)52-28-12-4-13-29-52/h1,3,5-8,10-12,14-46H,2,4,9,13H2. The van der Waals surface area contributed by atoms with Crippen molar-refractivity contribution < 1.29 is 4.42 Å². The van der Waals surface area contributed by atoms with Gasteiger partial charge in [0.1, 0.15) is 11.2 Å². The quantitative estimate of drug-likeness (QED) is 0.152. The van der Waals surface area contributed by atoms with Crippen LogP contribution in [0.2, 0.25) is 0 Å². The number of rotatable bonds is 8. The van der Waals surface area contributed by atoms with Gasteiger partial charge in [-0.2, -0.15) is 0 Å². The highest BCUT2D eigenvalue weighted by molar-refractivity contribution is 6.32. The SMILES string of the molecule is C1=CC(c2cc(-c3nc(-c4ccccc4)nc(-c4ccc5c(c4)oc4ccccc45)n3)cc(-c3ccccc3)c2-n2c3ccccc3c3c2ccc2c4ccc5c(c6ccccc6n5C5=CCCC=C5)c4n(-c4ccccc4)c23)=CCC1. The number of nitrogens with zero attached hydrogens (tertiary/aromatic N) is 6. The van der Waals surface area contributed by atoms with Gasteiger partial charge in [-0.1, -0.05) is 182 Å². The summed E-state index contributed by atoms with van der Waals surface area (Å²) in [5.41, 5.74) is 19.1. The van der Waals surface area contributed by atoms with E-state index in [1.54, 1.807) is 0 Å². The molecule has 0 aliphatic heterocycles. The van der Waals surface area contributed by atoms with Crippen LogP contribution in [0, 0.1) is 0 Å². The Balaban J connectivity index is 0.970. The van der Waals surface area contributed by atoms with Crippen molar-refractivity contribution in [3.05, 3.63) is 260 Å². The second-order valence-corrected chi connectivity index (χ2v) is 21.6. The first-order chi connectivity index (χ1) is 40.7. The number of benzene rings is 10. The molecule has 2 aliphatic carbocycles. The molecule has 17 rings (SSSR count). The van der Waals surface area contributed by atoms with Gasteiger partial charge in [0.15, 0.2) is 17.5 Å². The minimum atomic E-state index is 0.569. The Morgan fingerprint density at radius 2 is 0.878 bits per heavy atom. The minimum absolute atomic E-state index is 0.569. The lowest BCUT2D eigenvalue weighted by Crippen LogP contribution is -2.05. The Morgan fingerprint density at radius 3 is 1.55 bits per heavy atom. The summed E-state index contributed by atoms with van der Waals surface area (Å²) in [7, 11) is 0. The van der Waals surface area contributed by atoms with E-state index in [1.165, 1.54) is 60.1 Å². The van der Waals surface area contributed by atoms with E-state index >= 15 is 0 Å². The molecule has 0 atom stereocenters. The number of aromatic nitrogens is 6. The maximum absolute atomic E-state index is 6.43. The largest absolute Gasteiger partial charge is 0.456 e. The molecule has 0 radical (unpaired) electrons. The number of furan rings is 1. The predicted octanol–water partition coefficient (Wildman–Crippen LogP) is 19.7. The van der Waals surface area contributed by atoms with Crippen LogP contribution in [0.3, 0.4) is 0 Å². The van der Waals surface area contributed by atoms with Crippen LogP contribution in [0.15, 0.2) is 259 Å². The maximum Gasteiger partial charge on any atom is 0.164 e. The van der Waals surface area contributed by atoms with Gasteiger partial charge in [-0.15, -0.1) is 0 Å². The molecule has 0 amide bonds. The molecule has 5 aromatic heterocycles. The summed E-state index contributed by atoms with van der Waals surface area (Å²) in [5.74, 6) is 1.75. The molecule has 5 heterocycles. The highest BCUT2D eigenvalue weighted by Crippen LogP contribution is 2.49. The molecule has 0 unspecified atom stereocenters. The van der Waals surface area contributed by atoms with Gasteiger partial charge in [0.2, 0.25) is 0 Å². The third kappa shape index (κ3) is 7.12. The Kier molecular flexibility index (Phi) is 10.4. The zero-order valence-corrected chi connectivity index (χ0v) is 44.7. The summed E-state index contributed by atoms with van der Waals surface area (Å²) < 4.78 is 14.0. The Bertz CT molecular complexity index is 5260. The fraction of sp³-hybridized carbons (Fsp3) is 0.0533. The van der Waals surface area contributed by atoms with Gasteiger partial charge in [-0.3, -0.25) is 0 Å². The summed E-state index contributed by atoms with van der Waals surface area (Å²) in [5, 5.41) is 9.42. The van der Waals surface area contributed by atoms with Crippen molar-refractivity contribution in [2.75, 3.05) is 0 Å². The van der Waals surface area contributed by atoms with Crippen molar-refractivity contribution in [1.29, 1.82) is 0 Å². The van der Waals surface area contributed by atoms with E-state index in [9.17, 15) is 0 Å². The van der Waals surface area contributed by atoms with Gasteiger partial charge in [-0.25, -0.2) is 15.0 Å². The number of hydrogen-bond donors (Lipinski definition) is 0. The highest BCUT2D eigenvalue weighted by Gasteiger charge is 2.28. The van der Waals surface area contributed by atoms with Crippen LogP contribution in [0.25, 0.3) is 155 Å². The molecule has 2 aliphatic rings. The van der Waals surface area contributed by atoms with Crippen molar-refractivity contribution in [3.8, 4) is 56.7 Å². The second kappa shape index (κ2) is 18.5. The summed E-state index contributed by atoms with van der Waals surface area (Å²) in [6.45, 7) is 0. The first kappa shape index (κ1) is 46.3. The Morgan fingerprint density at radius 1 is 0.341 bits per heavy atom. The Labute approximate surface area is 472 Å². The van der Waals surface area contributed by atoms with E-state index < -0.39 is 0 Å². The van der Waals surface area contributed by atoms with Gasteiger partial charge in [0.05, 0.1) is 38.8 Å². The highest BCUT2D eigenvalue weighted by atomic mass is 16.3. The molecule has 15 aromatic rings. The molecule has 0 N–H and O–H groups in total. The first-order valence-corrected chi connectivity index (χ1v) is 28.4. The van der Waals surface area contributed by atoms with E-state index in [-0.39, 0.29) is 0 Å². The van der Waals surface area contributed by atoms with Crippen LogP contribution >= 0.6 is 0 Å². The third-order valence-corrected chi connectivity index (χ3v) is 16.9. The van der Waals surface area contributed by atoms with Crippen LogP contribution in [0.5, 0.6) is 0 Å². The molecule has 386 valence electrons. The van der Waals surface area contributed by atoms with Crippen LogP contribution in [0.4, 0.5) is 0 Å². The summed E-state index contributed by atoms with van der Waals surface area (Å²) in [4.78, 5) is 16.0. The Hall–Kier alpha value is -10.6. The lowest BCUT2D eigenvalue weighted by atomic mass is 9.90. The zero-order valence-electron chi connectivity index (χ0n) is 44.7. The van der Waals surface area contributed by atoms with Gasteiger partial charge < -0.3 is 18.1 Å². The van der Waals surface area contributed by atoms with Crippen molar-refractivity contribution in [2.24, 2.45) is 0 Å². The topological polar surface area (TPSA) is 66.6 Å². The van der Waals surface area contributed by atoms with Crippen molar-refractivity contribution in [2.45, 2.75) is 25.7 Å². The maximum atomic E-state index is 6.43. The van der Waals surface area contributed by atoms with Crippen LogP contribution in [-0.2, 0) is 0 Å². The lowest BCUT2D eigenvalue weighted by Gasteiger charge is -2.22. The fourth-order valence-corrected chi connectivity index (χ4v) is 13.3. The first-order valence-electron chi connectivity index (χ1n) is 28.4. The van der Waals surface area contributed by atoms with E-state index in [0.717, 1.165) is 109 Å². The predicted molar refractivity (Wildman–Crippen MR) is 340 cm³/mol. The smallest absolute Gasteiger partial charge is 0.164 e. The monoisotopic (exact) mass is 1050 g/mol. The fourth-order valence-electron chi connectivity index (χ4n) is 13.3. The molecule has 7 heteroatoms. The molecule has 0 saturated carbocycles. The van der Waals surface area contributed by atoms with Crippen molar-refractivity contribution in [1.82, 2.24) is 28.7 Å². The molecule has 0 bridgehead atoms. The second-order valence-electron chi connectivity index (χ2n) is 21.6. The molecule has 0 saturated heterocycles. The molecule has 0 spiro atoms. The summed E-state index contributed by atoms with van der Waals surface area (Å²) in [6, 6.07) is 78.6. The molecule has 0 fully saturated rings. The average molecular weight is 1050 g/mol. The molecular formula is C75H50N6O. The number of fused-ring (bicyclic) bond motifs is 14. The number of hydrogen-bond acceptors (Lipinski definition) is 4.